The van der Waals surface area contributed by atoms with Gasteiger partial charge in [0.05, 0.1) is 13.2 Å². The summed E-state index contributed by atoms with van der Waals surface area (Å²) in [6.45, 7) is 4.50. The van der Waals surface area contributed by atoms with E-state index in [-0.39, 0.29) is 5.91 Å². The lowest BCUT2D eigenvalue weighted by Gasteiger charge is -2.27. The van der Waals surface area contributed by atoms with Crippen molar-refractivity contribution in [3.63, 3.8) is 0 Å². The Morgan fingerprint density at radius 2 is 2.20 bits per heavy atom. The van der Waals surface area contributed by atoms with Crippen molar-refractivity contribution >= 4 is 11.7 Å². The summed E-state index contributed by atoms with van der Waals surface area (Å²) in [5.41, 5.74) is 1.01. The van der Waals surface area contributed by atoms with Crippen LogP contribution in [0.1, 0.15) is 12.0 Å². The number of hydrogen-bond acceptors (Lipinski definition) is 5. The number of pyridine rings is 1. The van der Waals surface area contributed by atoms with Gasteiger partial charge in [0.2, 0.25) is 5.91 Å². The van der Waals surface area contributed by atoms with Crippen molar-refractivity contribution in [2.75, 3.05) is 44.8 Å². The van der Waals surface area contributed by atoms with Gasteiger partial charge in [-0.15, -0.1) is 0 Å². The van der Waals surface area contributed by atoms with Gasteiger partial charge in [0.1, 0.15) is 5.82 Å². The summed E-state index contributed by atoms with van der Waals surface area (Å²) in [5, 5.41) is 5.83. The van der Waals surface area contributed by atoms with Gasteiger partial charge in [-0.25, -0.2) is 4.98 Å². The second kappa shape index (κ2) is 7.81. The highest BCUT2D eigenvalue weighted by molar-refractivity contribution is 5.76. The number of hydrogen-bond donors (Lipinski definition) is 2. The Hall–Kier alpha value is -1.66. The minimum absolute atomic E-state index is 0.0524. The van der Waals surface area contributed by atoms with Gasteiger partial charge in [-0.1, -0.05) is 6.07 Å². The molecular formula is C14H22N4O2. The van der Waals surface area contributed by atoms with E-state index in [1.54, 1.807) is 0 Å². The summed E-state index contributed by atoms with van der Waals surface area (Å²) in [7, 11) is 1.83. The molecule has 0 bridgehead atoms. The van der Waals surface area contributed by atoms with Gasteiger partial charge in [-0.3, -0.25) is 4.79 Å². The van der Waals surface area contributed by atoms with Crippen LogP contribution in [0.4, 0.5) is 5.82 Å². The van der Waals surface area contributed by atoms with E-state index in [9.17, 15) is 4.79 Å². The molecule has 1 aromatic rings. The maximum Gasteiger partial charge on any atom is 0.221 e. The Labute approximate surface area is 119 Å². The highest BCUT2D eigenvalue weighted by atomic mass is 16.5. The van der Waals surface area contributed by atoms with Crippen molar-refractivity contribution in [3.8, 4) is 0 Å². The van der Waals surface area contributed by atoms with Gasteiger partial charge in [0.15, 0.2) is 0 Å². The number of rotatable bonds is 6. The maximum atomic E-state index is 11.5. The first-order valence-electron chi connectivity index (χ1n) is 6.98. The summed E-state index contributed by atoms with van der Waals surface area (Å²) < 4.78 is 5.32. The van der Waals surface area contributed by atoms with Crippen LogP contribution in [0, 0.1) is 0 Å². The summed E-state index contributed by atoms with van der Waals surface area (Å²) in [6.07, 6.45) is 2.32. The molecule has 1 aliphatic heterocycles. The number of morpholine rings is 1. The molecule has 1 aromatic heterocycles. The molecule has 1 amide bonds. The Balaban J connectivity index is 1.80. The van der Waals surface area contributed by atoms with Crippen LogP contribution in [-0.2, 0) is 16.1 Å². The third kappa shape index (κ3) is 4.47. The van der Waals surface area contributed by atoms with Crippen LogP contribution in [0.15, 0.2) is 18.3 Å². The number of anilines is 1. The summed E-state index contributed by atoms with van der Waals surface area (Å²) in [6, 6.07) is 4.01. The molecule has 6 heteroatoms. The zero-order chi connectivity index (χ0) is 14.2. The van der Waals surface area contributed by atoms with Crippen molar-refractivity contribution in [1.82, 2.24) is 15.6 Å². The van der Waals surface area contributed by atoms with E-state index in [4.69, 9.17) is 4.74 Å². The van der Waals surface area contributed by atoms with Crippen molar-refractivity contribution < 1.29 is 9.53 Å². The van der Waals surface area contributed by atoms with E-state index in [2.05, 4.69) is 20.5 Å². The third-order valence-electron chi connectivity index (χ3n) is 3.24. The van der Waals surface area contributed by atoms with Gasteiger partial charge in [0, 0.05) is 38.8 Å². The van der Waals surface area contributed by atoms with Crippen LogP contribution in [0.2, 0.25) is 0 Å². The maximum absolute atomic E-state index is 11.5. The molecule has 2 heterocycles. The number of nitrogens with zero attached hydrogens (tertiary/aromatic N) is 2. The number of aromatic nitrogens is 1. The van der Waals surface area contributed by atoms with Crippen molar-refractivity contribution in [3.05, 3.63) is 23.9 Å². The van der Waals surface area contributed by atoms with Gasteiger partial charge < -0.3 is 20.3 Å². The second-order valence-corrected chi connectivity index (χ2v) is 4.75. The van der Waals surface area contributed by atoms with E-state index in [1.165, 1.54) is 0 Å². The fraction of sp³-hybridized carbons (Fsp3) is 0.571. The average Bonchev–Trinajstić information content (AvgIpc) is 2.52. The van der Waals surface area contributed by atoms with Crippen LogP contribution in [0.5, 0.6) is 0 Å². The first kappa shape index (κ1) is 14.7. The average molecular weight is 278 g/mol. The summed E-state index contributed by atoms with van der Waals surface area (Å²) in [5.74, 6) is 1.02. The topological polar surface area (TPSA) is 66.5 Å². The Kier molecular flexibility index (Phi) is 5.76. The fourth-order valence-electron chi connectivity index (χ4n) is 2.03. The molecule has 2 rings (SSSR count). The number of carbonyl (C=O) groups excluding carboxylic acids is 1. The number of ether oxygens (including phenoxy) is 1. The first-order valence-corrected chi connectivity index (χ1v) is 6.98. The van der Waals surface area contributed by atoms with Gasteiger partial charge in [0.25, 0.3) is 0 Å². The molecule has 2 N–H and O–H groups in total. The molecule has 0 saturated carbocycles. The zero-order valence-corrected chi connectivity index (χ0v) is 11.9. The van der Waals surface area contributed by atoms with Gasteiger partial charge in [-0.05, 0) is 18.7 Å². The Morgan fingerprint density at radius 1 is 1.40 bits per heavy atom. The van der Waals surface area contributed by atoms with E-state index < -0.39 is 0 Å². The van der Waals surface area contributed by atoms with E-state index in [1.807, 2.05) is 25.4 Å². The smallest absolute Gasteiger partial charge is 0.221 e. The molecule has 0 unspecified atom stereocenters. The van der Waals surface area contributed by atoms with Crippen LogP contribution < -0.4 is 15.5 Å². The molecule has 0 atom stereocenters. The fourth-order valence-corrected chi connectivity index (χ4v) is 2.03. The predicted molar refractivity (Wildman–Crippen MR) is 77.7 cm³/mol. The standard InChI is InChI=1S/C14H22N4O2/c1-15-5-4-14(19)17-11-12-2-3-13(16-10-12)18-6-8-20-9-7-18/h2-3,10,15H,4-9,11H2,1H3,(H,17,19). The SMILES string of the molecule is CNCCC(=O)NCc1ccc(N2CCOCC2)nc1. The zero-order valence-electron chi connectivity index (χ0n) is 11.9. The molecule has 1 saturated heterocycles. The van der Waals surface area contributed by atoms with Gasteiger partial charge in [-0.2, -0.15) is 0 Å². The van der Waals surface area contributed by atoms with E-state index in [0.29, 0.717) is 19.5 Å². The normalized spacial score (nSPS) is 15.2. The lowest BCUT2D eigenvalue weighted by atomic mass is 10.2. The number of carbonyl (C=O) groups is 1. The molecular weight excluding hydrogens is 256 g/mol. The van der Waals surface area contributed by atoms with Crippen molar-refractivity contribution in [2.45, 2.75) is 13.0 Å². The summed E-state index contributed by atoms with van der Waals surface area (Å²) in [4.78, 5) is 18.2. The second-order valence-electron chi connectivity index (χ2n) is 4.75. The molecule has 0 radical (unpaired) electrons. The minimum atomic E-state index is 0.0524. The number of nitrogens with one attached hydrogen (secondary N) is 2. The van der Waals surface area contributed by atoms with Crippen molar-refractivity contribution in [1.29, 1.82) is 0 Å². The van der Waals surface area contributed by atoms with Gasteiger partial charge >= 0.3 is 0 Å². The lowest BCUT2D eigenvalue weighted by Crippen LogP contribution is -2.36. The monoisotopic (exact) mass is 278 g/mol. The molecule has 0 spiro atoms. The third-order valence-corrected chi connectivity index (χ3v) is 3.24. The Morgan fingerprint density at radius 3 is 2.85 bits per heavy atom. The molecule has 20 heavy (non-hydrogen) atoms. The minimum Gasteiger partial charge on any atom is -0.378 e. The molecule has 0 aromatic carbocycles. The van der Waals surface area contributed by atoms with E-state index >= 15 is 0 Å². The first-order chi connectivity index (χ1) is 9.79. The largest absolute Gasteiger partial charge is 0.378 e. The molecule has 1 fully saturated rings. The molecule has 1 aliphatic rings. The quantitative estimate of drug-likeness (QED) is 0.775. The molecule has 0 aliphatic carbocycles. The highest BCUT2D eigenvalue weighted by Gasteiger charge is 2.11. The van der Waals surface area contributed by atoms with Crippen molar-refractivity contribution in [2.24, 2.45) is 0 Å². The number of amides is 1. The molecule has 6 nitrogen and oxygen atoms in total. The highest BCUT2D eigenvalue weighted by Crippen LogP contribution is 2.12. The summed E-state index contributed by atoms with van der Waals surface area (Å²) >= 11 is 0. The van der Waals surface area contributed by atoms with E-state index in [0.717, 1.165) is 37.7 Å². The Bertz CT molecular complexity index is 416. The van der Waals surface area contributed by atoms with Crippen LogP contribution in [0.25, 0.3) is 0 Å². The van der Waals surface area contributed by atoms with Crippen LogP contribution in [0.3, 0.4) is 0 Å². The predicted octanol–water partition coefficient (Wildman–Crippen LogP) is 0.144. The lowest BCUT2D eigenvalue weighted by molar-refractivity contribution is -0.121. The van der Waals surface area contributed by atoms with Crippen LogP contribution >= 0.6 is 0 Å². The van der Waals surface area contributed by atoms with Crippen LogP contribution in [-0.4, -0.2) is 50.8 Å². The molecule has 110 valence electrons.